The summed E-state index contributed by atoms with van der Waals surface area (Å²) in [6, 6.07) is 4.81. The van der Waals surface area contributed by atoms with Crippen molar-refractivity contribution < 1.29 is 23.4 Å². The van der Waals surface area contributed by atoms with Gasteiger partial charge in [-0.2, -0.15) is 5.10 Å². The number of hydrogen-bond acceptors (Lipinski definition) is 9. The molecule has 1 N–H and O–H groups in total. The van der Waals surface area contributed by atoms with E-state index in [2.05, 4.69) is 20.4 Å². The SMILES string of the molecule is COCOc1cc(-c2cn[nH]c2)ccc1-c1nnc(N(C)[C@@H]2CC3CCC([C@@H]2F)N3C(=O)OC(C)(C)C)s1. The van der Waals surface area contributed by atoms with Crippen LogP contribution in [0.3, 0.4) is 0 Å². The van der Waals surface area contributed by atoms with Gasteiger partial charge in [0.2, 0.25) is 5.13 Å². The molecule has 2 saturated heterocycles. The average molecular weight is 545 g/mol. The molecule has 38 heavy (non-hydrogen) atoms. The van der Waals surface area contributed by atoms with E-state index in [1.165, 1.54) is 11.3 Å². The van der Waals surface area contributed by atoms with Crippen LogP contribution in [-0.2, 0) is 9.47 Å². The van der Waals surface area contributed by atoms with Gasteiger partial charge in [-0.05, 0) is 57.7 Å². The smallest absolute Gasteiger partial charge is 0.410 e. The number of H-pyrrole nitrogens is 1. The first-order valence-corrected chi connectivity index (χ1v) is 13.4. The van der Waals surface area contributed by atoms with Crippen molar-refractivity contribution in [3.05, 3.63) is 30.6 Å². The van der Waals surface area contributed by atoms with Crippen LogP contribution >= 0.6 is 11.3 Å². The molecule has 1 aromatic carbocycles. The van der Waals surface area contributed by atoms with E-state index in [1.54, 1.807) is 18.2 Å². The summed E-state index contributed by atoms with van der Waals surface area (Å²) < 4.78 is 32.4. The van der Waals surface area contributed by atoms with Gasteiger partial charge in [-0.25, -0.2) is 9.18 Å². The second-order valence-electron chi connectivity index (χ2n) is 10.7. The fourth-order valence-electron chi connectivity index (χ4n) is 5.23. The third-order valence-electron chi connectivity index (χ3n) is 6.99. The van der Waals surface area contributed by atoms with Gasteiger partial charge < -0.3 is 19.1 Å². The number of anilines is 1. The standard InChI is InChI=1S/C26H33FN6O4S/c1-26(2,3)37-25(34)33-17-7-9-19(33)22(27)20(11-17)32(4)24-31-30-23(38-24)18-8-6-15(16-12-28-29-13-16)10-21(18)36-14-35-5/h6,8,10,12-13,17,19-20,22H,7,9,11,14H2,1-5H3,(H,28,29)/t17?,19?,20-,22+/m1/s1. The summed E-state index contributed by atoms with van der Waals surface area (Å²) in [4.78, 5) is 16.3. The van der Waals surface area contributed by atoms with Crippen LogP contribution in [0.4, 0.5) is 14.3 Å². The summed E-state index contributed by atoms with van der Waals surface area (Å²) >= 11 is 1.37. The summed E-state index contributed by atoms with van der Waals surface area (Å²) in [6.07, 6.45) is 3.77. The van der Waals surface area contributed by atoms with Gasteiger partial charge in [-0.3, -0.25) is 10.00 Å². The highest BCUT2D eigenvalue weighted by Crippen LogP contribution is 2.43. The van der Waals surface area contributed by atoms with Crippen LogP contribution in [0.1, 0.15) is 40.0 Å². The van der Waals surface area contributed by atoms with Gasteiger partial charge >= 0.3 is 6.09 Å². The Hall–Kier alpha value is -3.25. The van der Waals surface area contributed by atoms with Crippen molar-refractivity contribution in [2.24, 2.45) is 0 Å². The first-order chi connectivity index (χ1) is 18.2. The van der Waals surface area contributed by atoms with E-state index in [0.717, 1.165) is 23.1 Å². The second kappa shape index (κ2) is 10.5. The van der Waals surface area contributed by atoms with Gasteiger partial charge in [0, 0.05) is 32.0 Å². The second-order valence-corrected chi connectivity index (χ2v) is 11.6. The molecule has 3 aromatic rings. The van der Waals surface area contributed by atoms with Crippen LogP contribution in [0.15, 0.2) is 30.6 Å². The van der Waals surface area contributed by atoms with Crippen LogP contribution in [0, 0.1) is 0 Å². The molecular formula is C26H33FN6O4S. The molecule has 0 saturated carbocycles. The van der Waals surface area contributed by atoms with Crippen molar-refractivity contribution in [1.82, 2.24) is 25.3 Å². The molecule has 0 radical (unpaired) electrons. The van der Waals surface area contributed by atoms with Crippen molar-refractivity contribution in [1.29, 1.82) is 0 Å². The van der Waals surface area contributed by atoms with E-state index in [9.17, 15) is 4.79 Å². The number of fused-ring (bicyclic) bond motifs is 2. The maximum Gasteiger partial charge on any atom is 0.410 e. The molecule has 204 valence electrons. The maximum absolute atomic E-state index is 15.9. The van der Waals surface area contributed by atoms with Crippen molar-refractivity contribution >= 4 is 22.6 Å². The lowest BCUT2D eigenvalue weighted by Crippen LogP contribution is -2.59. The van der Waals surface area contributed by atoms with Crippen LogP contribution in [0.5, 0.6) is 5.75 Å². The predicted octanol–water partition coefficient (Wildman–Crippen LogP) is 4.89. The molecule has 12 heteroatoms. The molecule has 2 aliphatic rings. The summed E-state index contributed by atoms with van der Waals surface area (Å²) in [5.41, 5.74) is 2.01. The average Bonchev–Trinajstić information content (AvgIpc) is 3.63. The zero-order valence-electron chi connectivity index (χ0n) is 22.2. The Morgan fingerprint density at radius 3 is 2.79 bits per heavy atom. The Bertz CT molecular complexity index is 1260. The van der Waals surface area contributed by atoms with Crippen LogP contribution < -0.4 is 9.64 Å². The zero-order chi connectivity index (χ0) is 27.0. The number of carbonyl (C=O) groups is 1. The lowest BCUT2D eigenvalue weighted by atomic mass is 9.95. The molecule has 2 bridgehead atoms. The van der Waals surface area contributed by atoms with Crippen LogP contribution in [0.2, 0.25) is 0 Å². The number of aromatic nitrogens is 4. The molecule has 0 aliphatic carbocycles. The zero-order valence-corrected chi connectivity index (χ0v) is 23.0. The molecule has 5 rings (SSSR count). The van der Waals surface area contributed by atoms with E-state index in [0.29, 0.717) is 28.7 Å². The summed E-state index contributed by atoms with van der Waals surface area (Å²) in [5, 5.41) is 16.9. The fourth-order valence-corrected chi connectivity index (χ4v) is 6.12. The molecule has 0 spiro atoms. The van der Waals surface area contributed by atoms with E-state index in [4.69, 9.17) is 14.2 Å². The van der Waals surface area contributed by atoms with E-state index in [-0.39, 0.29) is 12.8 Å². The number of methoxy groups -OCH3 is 1. The number of ether oxygens (including phenoxy) is 3. The normalized spacial score (nSPS) is 22.9. The van der Waals surface area contributed by atoms with Crippen molar-refractivity contribution in [3.63, 3.8) is 0 Å². The van der Waals surface area contributed by atoms with Gasteiger partial charge in [-0.15, -0.1) is 10.2 Å². The molecule has 2 unspecified atom stereocenters. The minimum Gasteiger partial charge on any atom is -0.467 e. The Morgan fingerprint density at radius 2 is 2.08 bits per heavy atom. The Morgan fingerprint density at radius 1 is 1.26 bits per heavy atom. The highest BCUT2D eigenvalue weighted by atomic mass is 32.1. The molecule has 2 aromatic heterocycles. The number of amides is 1. The quantitative estimate of drug-likeness (QED) is 0.419. The number of rotatable bonds is 7. The number of nitrogens with one attached hydrogen (secondary N) is 1. The van der Waals surface area contributed by atoms with E-state index >= 15 is 4.39 Å². The van der Waals surface area contributed by atoms with E-state index in [1.807, 2.05) is 57.1 Å². The lowest BCUT2D eigenvalue weighted by molar-refractivity contribution is -0.0103. The molecular weight excluding hydrogens is 511 g/mol. The third kappa shape index (κ3) is 5.19. The predicted molar refractivity (Wildman–Crippen MR) is 142 cm³/mol. The Kier molecular flexibility index (Phi) is 7.28. The van der Waals surface area contributed by atoms with Crippen molar-refractivity contribution in [2.45, 2.75) is 69.9 Å². The monoisotopic (exact) mass is 544 g/mol. The summed E-state index contributed by atoms with van der Waals surface area (Å²) in [6.45, 7) is 5.55. The Balaban J connectivity index is 1.35. The topological polar surface area (TPSA) is 106 Å². The van der Waals surface area contributed by atoms with Crippen molar-refractivity contribution in [2.75, 3.05) is 25.9 Å². The lowest BCUT2D eigenvalue weighted by Gasteiger charge is -2.44. The highest BCUT2D eigenvalue weighted by molar-refractivity contribution is 7.18. The van der Waals surface area contributed by atoms with Gasteiger partial charge in [-0.1, -0.05) is 17.4 Å². The first-order valence-electron chi connectivity index (χ1n) is 12.6. The minimum absolute atomic E-state index is 0.0637. The number of benzene rings is 1. The first kappa shape index (κ1) is 26.4. The van der Waals surface area contributed by atoms with Gasteiger partial charge in [0.1, 0.15) is 17.5 Å². The largest absolute Gasteiger partial charge is 0.467 e. The van der Waals surface area contributed by atoms with E-state index < -0.39 is 29.9 Å². The molecule has 4 heterocycles. The van der Waals surface area contributed by atoms with Gasteiger partial charge in [0.25, 0.3) is 0 Å². The third-order valence-corrected chi connectivity index (χ3v) is 8.04. The fraction of sp³-hybridized carbons (Fsp3) is 0.538. The highest BCUT2D eigenvalue weighted by Gasteiger charge is 2.52. The van der Waals surface area contributed by atoms with Crippen LogP contribution in [0.25, 0.3) is 21.7 Å². The number of hydrogen-bond donors (Lipinski definition) is 1. The number of nitrogens with zero attached hydrogens (tertiary/aromatic N) is 5. The number of aromatic amines is 1. The minimum atomic E-state index is -1.23. The van der Waals surface area contributed by atoms with Gasteiger partial charge in [0.05, 0.1) is 23.8 Å². The number of piperidine rings is 1. The molecule has 1 amide bonds. The number of halogens is 1. The number of carbonyl (C=O) groups excluding carboxylic acids is 1. The number of alkyl halides is 1. The molecule has 10 nitrogen and oxygen atoms in total. The molecule has 2 aliphatic heterocycles. The molecule has 2 fully saturated rings. The van der Waals surface area contributed by atoms with Crippen LogP contribution in [-0.4, -0.2) is 82.2 Å². The van der Waals surface area contributed by atoms with Crippen molar-refractivity contribution in [3.8, 4) is 27.4 Å². The Labute approximate surface area is 225 Å². The molecule has 4 atom stereocenters. The maximum atomic E-state index is 15.9. The summed E-state index contributed by atoms with van der Waals surface area (Å²) in [7, 11) is 3.40. The summed E-state index contributed by atoms with van der Waals surface area (Å²) in [5.74, 6) is 0.600. The van der Waals surface area contributed by atoms with Gasteiger partial charge in [0.15, 0.2) is 11.8 Å².